The van der Waals surface area contributed by atoms with Gasteiger partial charge in [0, 0.05) is 19.5 Å². The van der Waals surface area contributed by atoms with Crippen LogP contribution < -0.4 is 4.74 Å². The highest BCUT2D eigenvalue weighted by atomic mass is 32.2. The van der Waals surface area contributed by atoms with E-state index in [1.807, 2.05) is 65.8 Å². The predicted molar refractivity (Wildman–Crippen MR) is 116 cm³/mol. The van der Waals surface area contributed by atoms with Crippen molar-refractivity contribution in [2.45, 2.75) is 25.4 Å². The van der Waals surface area contributed by atoms with Crippen molar-refractivity contribution >= 4 is 17.7 Å². The first-order chi connectivity index (χ1) is 14.2. The molecule has 0 aliphatic rings. The molecule has 1 heterocycles. The summed E-state index contributed by atoms with van der Waals surface area (Å²) in [5, 5.41) is 9.52. The van der Waals surface area contributed by atoms with E-state index < -0.39 is 0 Å². The Bertz CT molecular complexity index is 939. The molecule has 29 heavy (non-hydrogen) atoms. The third-order valence-electron chi connectivity index (χ3n) is 4.67. The number of nitrogens with zero attached hydrogens (tertiary/aromatic N) is 4. The molecule has 0 atom stereocenters. The van der Waals surface area contributed by atoms with E-state index >= 15 is 0 Å². The molecule has 2 aromatic carbocycles. The lowest BCUT2D eigenvalue weighted by Crippen LogP contribution is -2.31. The first kappa shape index (κ1) is 20.9. The van der Waals surface area contributed by atoms with Crippen molar-refractivity contribution in [1.82, 2.24) is 19.7 Å². The number of hydrogen-bond acceptors (Lipinski definition) is 5. The van der Waals surface area contributed by atoms with Crippen molar-refractivity contribution in [3.05, 3.63) is 66.0 Å². The van der Waals surface area contributed by atoms with Crippen LogP contribution in [0.1, 0.15) is 25.2 Å². The number of carbonyl (C=O) groups excluding carboxylic acids is 1. The number of aromatic nitrogens is 3. The molecule has 0 unspecified atom stereocenters. The summed E-state index contributed by atoms with van der Waals surface area (Å²) >= 11 is 1.40. The number of amides is 1. The van der Waals surface area contributed by atoms with Crippen molar-refractivity contribution in [2.24, 2.45) is 0 Å². The third kappa shape index (κ3) is 4.98. The lowest BCUT2D eigenvalue weighted by atomic mass is 10.1. The lowest BCUT2D eigenvalue weighted by Gasteiger charge is -2.18. The summed E-state index contributed by atoms with van der Waals surface area (Å²) in [5.74, 6) is 1.96. The SMILES string of the molecule is CCN(CC)C(=O)CSc1nnc(Cc2ccccc2)n1-c1ccccc1OC. The molecule has 3 aromatic rings. The van der Waals surface area contributed by atoms with Crippen LogP contribution >= 0.6 is 11.8 Å². The zero-order valence-electron chi connectivity index (χ0n) is 17.0. The van der Waals surface area contributed by atoms with E-state index in [2.05, 4.69) is 22.3 Å². The summed E-state index contributed by atoms with van der Waals surface area (Å²) in [6, 6.07) is 17.9. The average molecular weight is 411 g/mol. The molecule has 0 radical (unpaired) electrons. The average Bonchev–Trinajstić information content (AvgIpc) is 3.15. The topological polar surface area (TPSA) is 60.2 Å². The number of hydrogen-bond donors (Lipinski definition) is 0. The molecular formula is C22H26N4O2S. The Morgan fingerprint density at radius 3 is 2.41 bits per heavy atom. The fourth-order valence-corrected chi connectivity index (χ4v) is 4.00. The quantitative estimate of drug-likeness (QED) is 0.502. The maximum Gasteiger partial charge on any atom is 0.233 e. The van der Waals surface area contributed by atoms with Crippen molar-refractivity contribution in [3.63, 3.8) is 0 Å². The third-order valence-corrected chi connectivity index (χ3v) is 5.59. The van der Waals surface area contributed by atoms with Gasteiger partial charge in [-0.1, -0.05) is 54.2 Å². The highest BCUT2D eigenvalue weighted by Gasteiger charge is 2.19. The summed E-state index contributed by atoms with van der Waals surface area (Å²) in [7, 11) is 1.65. The first-order valence-electron chi connectivity index (χ1n) is 9.70. The van der Waals surface area contributed by atoms with Crippen molar-refractivity contribution < 1.29 is 9.53 Å². The Morgan fingerprint density at radius 1 is 1.03 bits per heavy atom. The van der Waals surface area contributed by atoms with Crippen LogP contribution in [0.25, 0.3) is 5.69 Å². The van der Waals surface area contributed by atoms with Crippen LogP contribution in [0.4, 0.5) is 0 Å². The van der Waals surface area contributed by atoms with Gasteiger partial charge in [-0.3, -0.25) is 9.36 Å². The van der Waals surface area contributed by atoms with Gasteiger partial charge in [-0.15, -0.1) is 10.2 Å². The minimum absolute atomic E-state index is 0.0965. The van der Waals surface area contributed by atoms with E-state index in [1.54, 1.807) is 7.11 Å². The molecule has 0 spiro atoms. The molecule has 0 aliphatic heterocycles. The van der Waals surface area contributed by atoms with E-state index in [1.165, 1.54) is 11.8 Å². The van der Waals surface area contributed by atoms with Gasteiger partial charge in [-0.2, -0.15) is 0 Å². The molecule has 3 rings (SSSR count). The van der Waals surface area contributed by atoms with E-state index in [4.69, 9.17) is 4.74 Å². The van der Waals surface area contributed by atoms with E-state index in [-0.39, 0.29) is 5.91 Å². The number of benzene rings is 2. The fourth-order valence-electron chi connectivity index (χ4n) is 3.14. The van der Waals surface area contributed by atoms with Crippen LogP contribution in [0.2, 0.25) is 0 Å². The van der Waals surface area contributed by atoms with Gasteiger partial charge in [-0.25, -0.2) is 0 Å². The zero-order valence-corrected chi connectivity index (χ0v) is 17.9. The summed E-state index contributed by atoms with van der Waals surface area (Å²) in [6.45, 7) is 5.38. The lowest BCUT2D eigenvalue weighted by molar-refractivity contribution is -0.127. The molecule has 0 N–H and O–H groups in total. The van der Waals surface area contributed by atoms with Crippen molar-refractivity contribution in [1.29, 1.82) is 0 Å². The number of rotatable bonds is 9. The monoisotopic (exact) mass is 410 g/mol. The molecule has 6 nitrogen and oxygen atoms in total. The first-order valence-corrected chi connectivity index (χ1v) is 10.7. The molecular weight excluding hydrogens is 384 g/mol. The predicted octanol–water partition coefficient (Wildman–Crippen LogP) is 3.83. The minimum atomic E-state index is 0.0965. The fraction of sp³-hybridized carbons (Fsp3) is 0.318. The minimum Gasteiger partial charge on any atom is -0.495 e. The Labute approximate surface area is 175 Å². The Balaban J connectivity index is 1.95. The Kier molecular flexibility index (Phi) is 7.30. The van der Waals surface area contributed by atoms with Crippen LogP contribution in [-0.4, -0.2) is 51.5 Å². The molecule has 0 saturated carbocycles. The zero-order chi connectivity index (χ0) is 20.6. The van der Waals surface area contributed by atoms with Gasteiger partial charge >= 0.3 is 0 Å². The van der Waals surface area contributed by atoms with Crippen LogP contribution in [0, 0.1) is 0 Å². The number of thioether (sulfide) groups is 1. The number of carbonyl (C=O) groups is 1. The largest absolute Gasteiger partial charge is 0.495 e. The maximum atomic E-state index is 12.5. The second-order valence-electron chi connectivity index (χ2n) is 6.42. The number of para-hydroxylation sites is 2. The van der Waals surface area contributed by atoms with Gasteiger partial charge in [0.25, 0.3) is 0 Å². The normalized spacial score (nSPS) is 10.7. The van der Waals surface area contributed by atoms with Crippen LogP contribution in [0.15, 0.2) is 59.8 Å². The summed E-state index contributed by atoms with van der Waals surface area (Å²) < 4.78 is 7.56. The Hall–Kier alpha value is -2.80. The highest BCUT2D eigenvalue weighted by Crippen LogP contribution is 2.29. The van der Waals surface area contributed by atoms with E-state index in [9.17, 15) is 4.79 Å². The summed E-state index contributed by atoms with van der Waals surface area (Å²) in [6.07, 6.45) is 0.635. The molecule has 0 saturated heterocycles. The molecule has 0 aliphatic carbocycles. The van der Waals surface area contributed by atoms with Crippen LogP contribution in [0.3, 0.4) is 0 Å². The van der Waals surface area contributed by atoms with Gasteiger partial charge < -0.3 is 9.64 Å². The summed E-state index contributed by atoms with van der Waals surface area (Å²) in [4.78, 5) is 14.3. The van der Waals surface area contributed by atoms with Crippen molar-refractivity contribution in [2.75, 3.05) is 26.0 Å². The van der Waals surface area contributed by atoms with Gasteiger partial charge in [0.05, 0.1) is 18.6 Å². The van der Waals surface area contributed by atoms with Gasteiger partial charge in [0.15, 0.2) is 5.16 Å². The van der Waals surface area contributed by atoms with Crippen LogP contribution in [0.5, 0.6) is 5.75 Å². The smallest absolute Gasteiger partial charge is 0.233 e. The maximum absolute atomic E-state index is 12.5. The number of ether oxygens (including phenoxy) is 1. The highest BCUT2D eigenvalue weighted by molar-refractivity contribution is 7.99. The number of methoxy groups -OCH3 is 1. The summed E-state index contributed by atoms with van der Waals surface area (Å²) in [5.41, 5.74) is 2.01. The molecule has 1 amide bonds. The molecule has 152 valence electrons. The second-order valence-corrected chi connectivity index (χ2v) is 7.37. The van der Waals surface area contributed by atoms with Crippen LogP contribution in [-0.2, 0) is 11.2 Å². The Morgan fingerprint density at radius 2 is 1.72 bits per heavy atom. The molecule has 7 heteroatoms. The van der Waals surface area contributed by atoms with Gasteiger partial charge in [0.2, 0.25) is 5.91 Å². The van der Waals surface area contributed by atoms with Gasteiger partial charge in [0.1, 0.15) is 11.6 Å². The molecule has 0 fully saturated rings. The molecule has 0 bridgehead atoms. The molecule has 1 aromatic heterocycles. The standard InChI is InChI=1S/C22H26N4O2S/c1-4-25(5-2)21(27)16-29-22-24-23-20(15-17-11-7-6-8-12-17)26(22)18-13-9-10-14-19(18)28-3/h6-14H,4-5,15-16H2,1-3H3. The second kappa shape index (κ2) is 10.1. The van der Waals surface area contributed by atoms with E-state index in [0.29, 0.717) is 30.4 Å². The van der Waals surface area contributed by atoms with Gasteiger partial charge in [-0.05, 0) is 31.5 Å². The van der Waals surface area contributed by atoms with Crippen molar-refractivity contribution in [3.8, 4) is 11.4 Å². The van der Waals surface area contributed by atoms with E-state index in [0.717, 1.165) is 22.8 Å².